The zero-order chi connectivity index (χ0) is 13.8. The third-order valence-corrected chi connectivity index (χ3v) is 3.08. The summed E-state index contributed by atoms with van der Waals surface area (Å²) < 4.78 is 1.93. The van der Waals surface area contributed by atoms with Crippen LogP contribution in [0.3, 0.4) is 0 Å². The molecule has 19 heavy (non-hydrogen) atoms. The molecule has 0 aliphatic rings. The predicted octanol–water partition coefficient (Wildman–Crippen LogP) is 2.80. The van der Waals surface area contributed by atoms with Crippen LogP contribution >= 0.6 is 0 Å². The van der Waals surface area contributed by atoms with Crippen molar-refractivity contribution in [2.45, 2.75) is 40.7 Å². The quantitative estimate of drug-likeness (QED) is 0.897. The van der Waals surface area contributed by atoms with Crippen LogP contribution < -0.4 is 5.32 Å². The first-order valence-electron chi connectivity index (χ1n) is 6.77. The number of nitrogens with one attached hydrogen (secondary N) is 1. The van der Waals surface area contributed by atoms with Crippen LogP contribution in [0.1, 0.15) is 31.5 Å². The monoisotopic (exact) mass is 259 g/mol. The summed E-state index contributed by atoms with van der Waals surface area (Å²) in [6.45, 7) is 10.0. The Morgan fingerprint density at radius 2 is 2.00 bits per heavy atom. The molecular weight excluding hydrogens is 238 g/mol. The third-order valence-electron chi connectivity index (χ3n) is 3.08. The minimum atomic E-state index is 0.737. The van der Waals surface area contributed by atoms with E-state index in [-0.39, 0.29) is 0 Å². The molecule has 2 rings (SSSR count). The van der Waals surface area contributed by atoms with Crippen LogP contribution in [-0.4, -0.2) is 26.3 Å². The molecule has 0 aliphatic carbocycles. The first kappa shape index (κ1) is 13.5. The van der Waals surface area contributed by atoms with Gasteiger partial charge in [-0.05, 0) is 27.2 Å². The molecule has 1 N–H and O–H groups in total. The van der Waals surface area contributed by atoms with Crippen LogP contribution in [0.5, 0.6) is 0 Å². The second-order valence-corrected chi connectivity index (χ2v) is 4.63. The van der Waals surface area contributed by atoms with Crippen LogP contribution in [-0.2, 0) is 6.54 Å². The van der Waals surface area contributed by atoms with Gasteiger partial charge >= 0.3 is 0 Å². The molecule has 0 atom stereocenters. The van der Waals surface area contributed by atoms with E-state index >= 15 is 0 Å². The molecule has 102 valence electrons. The Bertz CT molecular complexity index is 559. The van der Waals surface area contributed by atoms with Crippen LogP contribution in [0.15, 0.2) is 12.4 Å². The van der Waals surface area contributed by atoms with Crippen molar-refractivity contribution in [3.63, 3.8) is 0 Å². The largest absolute Gasteiger partial charge is 0.370 e. The molecule has 0 aliphatic heterocycles. The predicted molar refractivity (Wildman–Crippen MR) is 77.2 cm³/mol. The standard InChI is InChI=1S/C14H21N5/c1-5-7-19-9-12(8-16-19)14-17-11(4)10(3)13(18-14)15-6-2/h8-9H,5-7H2,1-4H3,(H,15,17,18). The fourth-order valence-corrected chi connectivity index (χ4v) is 1.93. The second-order valence-electron chi connectivity index (χ2n) is 4.63. The smallest absolute Gasteiger partial charge is 0.164 e. The lowest BCUT2D eigenvalue weighted by molar-refractivity contribution is 0.603. The topological polar surface area (TPSA) is 55.6 Å². The van der Waals surface area contributed by atoms with Gasteiger partial charge in [-0.2, -0.15) is 5.10 Å². The van der Waals surface area contributed by atoms with E-state index < -0.39 is 0 Å². The maximum Gasteiger partial charge on any atom is 0.164 e. The van der Waals surface area contributed by atoms with Gasteiger partial charge in [-0.25, -0.2) is 9.97 Å². The fraction of sp³-hybridized carbons (Fsp3) is 0.500. The van der Waals surface area contributed by atoms with Crippen molar-refractivity contribution < 1.29 is 0 Å². The molecule has 0 saturated heterocycles. The summed E-state index contributed by atoms with van der Waals surface area (Å²) in [6, 6.07) is 0. The third kappa shape index (κ3) is 2.92. The minimum absolute atomic E-state index is 0.737. The number of aryl methyl sites for hydroxylation is 2. The van der Waals surface area contributed by atoms with Crippen molar-refractivity contribution >= 4 is 5.82 Å². The van der Waals surface area contributed by atoms with Gasteiger partial charge in [0.15, 0.2) is 5.82 Å². The average Bonchev–Trinajstić information content (AvgIpc) is 2.84. The Morgan fingerprint density at radius 3 is 2.68 bits per heavy atom. The molecule has 2 aromatic heterocycles. The highest BCUT2D eigenvalue weighted by Gasteiger charge is 2.10. The van der Waals surface area contributed by atoms with Crippen molar-refractivity contribution in [3.05, 3.63) is 23.7 Å². The maximum atomic E-state index is 4.59. The van der Waals surface area contributed by atoms with E-state index in [9.17, 15) is 0 Å². The van der Waals surface area contributed by atoms with Gasteiger partial charge in [-0.3, -0.25) is 4.68 Å². The lowest BCUT2D eigenvalue weighted by Crippen LogP contribution is -2.06. The maximum absolute atomic E-state index is 4.59. The fourth-order valence-electron chi connectivity index (χ4n) is 1.93. The van der Waals surface area contributed by atoms with E-state index in [1.165, 1.54) is 0 Å². The van der Waals surface area contributed by atoms with Crippen LogP contribution in [0, 0.1) is 13.8 Å². The summed E-state index contributed by atoms with van der Waals surface area (Å²) in [4.78, 5) is 9.15. The lowest BCUT2D eigenvalue weighted by atomic mass is 10.2. The Labute approximate surface area is 114 Å². The molecule has 0 spiro atoms. The van der Waals surface area contributed by atoms with Crippen molar-refractivity contribution in [1.29, 1.82) is 0 Å². The summed E-state index contributed by atoms with van der Waals surface area (Å²) in [5.74, 6) is 1.65. The second kappa shape index (κ2) is 5.82. The van der Waals surface area contributed by atoms with Crippen molar-refractivity contribution in [3.8, 4) is 11.4 Å². The molecule has 0 saturated carbocycles. The average molecular weight is 259 g/mol. The van der Waals surface area contributed by atoms with Gasteiger partial charge < -0.3 is 5.32 Å². The van der Waals surface area contributed by atoms with Gasteiger partial charge in [0.2, 0.25) is 0 Å². The highest BCUT2D eigenvalue weighted by atomic mass is 15.3. The lowest BCUT2D eigenvalue weighted by Gasteiger charge is -2.10. The number of aromatic nitrogens is 4. The van der Waals surface area contributed by atoms with E-state index in [1.807, 2.05) is 30.9 Å². The van der Waals surface area contributed by atoms with Gasteiger partial charge in [0, 0.05) is 30.5 Å². The van der Waals surface area contributed by atoms with Gasteiger partial charge in [0.1, 0.15) is 5.82 Å². The molecule has 0 aromatic carbocycles. The van der Waals surface area contributed by atoms with Gasteiger partial charge in [-0.1, -0.05) is 6.92 Å². The molecule has 5 nitrogen and oxygen atoms in total. The molecule has 0 bridgehead atoms. The van der Waals surface area contributed by atoms with Crippen molar-refractivity contribution in [1.82, 2.24) is 19.7 Å². The summed E-state index contributed by atoms with van der Waals surface area (Å²) in [5.41, 5.74) is 3.08. The van der Waals surface area contributed by atoms with E-state index in [4.69, 9.17) is 0 Å². The van der Waals surface area contributed by atoms with Gasteiger partial charge in [0.05, 0.1) is 11.8 Å². The van der Waals surface area contributed by atoms with E-state index in [2.05, 4.69) is 34.2 Å². The SMILES string of the molecule is CCCn1cc(-c2nc(C)c(C)c(NCC)n2)cn1. The molecule has 0 fully saturated rings. The minimum Gasteiger partial charge on any atom is -0.370 e. The molecule has 2 aromatic rings. The summed E-state index contributed by atoms with van der Waals surface area (Å²) in [7, 11) is 0. The van der Waals surface area contributed by atoms with Crippen molar-refractivity contribution in [2.24, 2.45) is 0 Å². The van der Waals surface area contributed by atoms with Crippen LogP contribution in [0.2, 0.25) is 0 Å². The van der Waals surface area contributed by atoms with E-state index in [0.717, 1.165) is 48.0 Å². The summed E-state index contributed by atoms with van der Waals surface area (Å²) in [6.07, 6.45) is 4.90. The first-order chi connectivity index (χ1) is 9.15. The van der Waals surface area contributed by atoms with E-state index in [1.54, 1.807) is 0 Å². The van der Waals surface area contributed by atoms with Gasteiger partial charge in [0.25, 0.3) is 0 Å². The van der Waals surface area contributed by atoms with Gasteiger partial charge in [-0.15, -0.1) is 0 Å². The summed E-state index contributed by atoms with van der Waals surface area (Å²) >= 11 is 0. The number of rotatable bonds is 5. The van der Waals surface area contributed by atoms with Crippen LogP contribution in [0.25, 0.3) is 11.4 Å². The molecule has 5 heteroatoms. The van der Waals surface area contributed by atoms with E-state index in [0.29, 0.717) is 0 Å². The summed E-state index contributed by atoms with van der Waals surface area (Å²) in [5, 5.41) is 7.61. The number of hydrogen-bond donors (Lipinski definition) is 1. The molecular formula is C14H21N5. The molecule has 0 amide bonds. The number of hydrogen-bond acceptors (Lipinski definition) is 4. The molecule has 0 radical (unpaired) electrons. The van der Waals surface area contributed by atoms with Crippen LogP contribution in [0.4, 0.5) is 5.82 Å². The Kier molecular flexibility index (Phi) is 4.14. The zero-order valence-electron chi connectivity index (χ0n) is 12.1. The number of nitrogens with zero attached hydrogens (tertiary/aromatic N) is 4. The highest BCUT2D eigenvalue weighted by molar-refractivity contribution is 5.58. The Morgan fingerprint density at radius 1 is 1.21 bits per heavy atom. The normalized spacial score (nSPS) is 10.7. The Balaban J connectivity index is 2.37. The molecule has 2 heterocycles. The van der Waals surface area contributed by atoms with Crippen molar-refractivity contribution in [2.75, 3.05) is 11.9 Å². The number of anilines is 1. The first-order valence-corrected chi connectivity index (χ1v) is 6.77. The molecule has 0 unspecified atom stereocenters. The highest BCUT2D eigenvalue weighted by Crippen LogP contribution is 2.21. The zero-order valence-corrected chi connectivity index (χ0v) is 12.1. The Hall–Kier alpha value is -1.91.